The normalized spacial score (nSPS) is 11.7. The van der Waals surface area contributed by atoms with Gasteiger partial charge in [0.25, 0.3) is 0 Å². The van der Waals surface area contributed by atoms with Crippen LogP contribution < -0.4 is 4.74 Å². The molecule has 0 amide bonds. The van der Waals surface area contributed by atoms with Crippen molar-refractivity contribution in [1.29, 1.82) is 0 Å². The van der Waals surface area contributed by atoms with Crippen LogP contribution in [0.4, 0.5) is 0 Å². The fourth-order valence-electron chi connectivity index (χ4n) is 4.72. The third kappa shape index (κ3) is 3.31. The minimum absolute atomic E-state index is 0.000880. The summed E-state index contributed by atoms with van der Waals surface area (Å²) in [5, 5.41) is 2.50. The van der Waals surface area contributed by atoms with Crippen molar-refractivity contribution in [2.45, 2.75) is 5.92 Å². The molecule has 0 fully saturated rings. The molecular weight excluding hydrogens is 516 g/mol. The molecule has 2 heterocycles. The first kappa shape index (κ1) is 20.4. The Labute approximate surface area is 198 Å². The highest BCUT2D eigenvalue weighted by Crippen LogP contribution is 2.46. The molecule has 0 atom stereocenters. The topological polar surface area (TPSA) is 19.1 Å². The van der Waals surface area contributed by atoms with Crippen LogP contribution in [0, 0.1) is 0 Å². The van der Waals surface area contributed by atoms with Gasteiger partial charge in [0.1, 0.15) is 5.75 Å². The van der Waals surface area contributed by atoms with E-state index in [1.165, 1.54) is 32.9 Å². The molecule has 3 aromatic carbocycles. The van der Waals surface area contributed by atoms with Crippen molar-refractivity contribution in [3.05, 3.63) is 98.7 Å². The number of para-hydroxylation sites is 2. The van der Waals surface area contributed by atoms with Crippen LogP contribution in [0.25, 0.3) is 21.8 Å². The molecule has 0 aliphatic carbocycles. The Hall–Kier alpha value is -2.50. The third-order valence-electron chi connectivity index (χ3n) is 6.03. The van der Waals surface area contributed by atoms with Crippen molar-refractivity contribution in [2.24, 2.45) is 14.1 Å². The second-order valence-electron chi connectivity index (χ2n) is 7.87. The van der Waals surface area contributed by atoms with E-state index in [0.29, 0.717) is 0 Å². The zero-order valence-corrected chi connectivity index (χ0v) is 20.7. The molecule has 31 heavy (non-hydrogen) atoms. The van der Waals surface area contributed by atoms with Crippen molar-refractivity contribution >= 4 is 53.7 Å². The Kier molecular flexibility index (Phi) is 5.19. The van der Waals surface area contributed by atoms with Crippen LogP contribution in [-0.2, 0) is 14.1 Å². The molecule has 0 saturated heterocycles. The van der Waals surface area contributed by atoms with Gasteiger partial charge in [-0.05, 0) is 51.3 Å². The number of fused-ring (bicyclic) bond motifs is 2. The predicted molar refractivity (Wildman–Crippen MR) is 135 cm³/mol. The van der Waals surface area contributed by atoms with Crippen molar-refractivity contribution < 1.29 is 4.74 Å². The summed E-state index contributed by atoms with van der Waals surface area (Å²) in [6.45, 7) is 0. The quantitative estimate of drug-likeness (QED) is 0.234. The van der Waals surface area contributed by atoms with Crippen LogP contribution in [0.2, 0.25) is 0 Å². The average molecular weight is 538 g/mol. The van der Waals surface area contributed by atoms with Gasteiger partial charge in [-0.25, -0.2) is 0 Å². The maximum Gasteiger partial charge on any atom is 0.137 e. The molecule has 0 unspecified atom stereocenters. The molecule has 156 valence electrons. The maximum absolute atomic E-state index is 5.91. The van der Waals surface area contributed by atoms with E-state index in [0.717, 1.165) is 20.3 Å². The summed E-state index contributed by atoms with van der Waals surface area (Å²) >= 11 is 7.42. The SMILES string of the molecule is COc1c(Br)cc(Br)cc1C(c1cn(C)c2ccccc12)c1cn(C)c2ccccc12. The molecule has 0 radical (unpaired) electrons. The predicted octanol–water partition coefficient (Wildman–Crippen LogP) is 7.38. The van der Waals surface area contributed by atoms with Crippen LogP contribution in [-0.4, -0.2) is 16.2 Å². The molecule has 5 aromatic rings. The first-order valence-electron chi connectivity index (χ1n) is 10.1. The molecule has 0 aliphatic rings. The smallest absolute Gasteiger partial charge is 0.137 e. The van der Waals surface area contributed by atoms with E-state index in [4.69, 9.17) is 4.74 Å². The second-order valence-corrected chi connectivity index (χ2v) is 9.64. The summed E-state index contributed by atoms with van der Waals surface area (Å²) < 4.78 is 12.3. The van der Waals surface area contributed by atoms with Gasteiger partial charge in [0.15, 0.2) is 0 Å². The van der Waals surface area contributed by atoms with Crippen molar-refractivity contribution in [3.8, 4) is 5.75 Å². The molecule has 5 heteroatoms. The highest BCUT2D eigenvalue weighted by molar-refractivity contribution is 9.11. The van der Waals surface area contributed by atoms with Crippen LogP contribution >= 0.6 is 31.9 Å². The van der Waals surface area contributed by atoms with Crippen LogP contribution in [0.3, 0.4) is 0 Å². The van der Waals surface area contributed by atoms with Gasteiger partial charge in [0, 0.05) is 64.2 Å². The van der Waals surface area contributed by atoms with E-state index in [9.17, 15) is 0 Å². The number of methoxy groups -OCH3 is 1. The first-order chi connectivity index (χ1) is 15.0. The maximum atomic E-state index is 5.91. The van der Waals surface area contributed by atoms with Crippen LogP contribution in [0.15, 0.2) is 82.0 Å². The standard InChI is InChI=1S/C26H22Br2N2O/c1-29-14-20(17-8-4-6-10-23(17)29)25(19-12-16(27)13-22(28)26(19)31-3)21-15-30(2)24-11-7-5-9-18(21)24/h4-15,25H,1-3H3. The number of rotatable bonds is 4. The summed E-state index contributed by atoms with van der Waals surface area (Å²) in [6, 6.07) is 21.4. The van der Waals surface area contributed by atoms with Crippen LogP contribution in [0.1, 0.15) is 22.6 Å². The molecule has 0 aliphatic heterocycles. The lowest BCUT2D eigenvalue weighted by atomic mass is 9.84. The molecule has 2 aromatic heterocycles. The van der Waals surface area contributed by atoms with E-state index in [1.807, 2.05) is 6.07 Å². The van der Waals surface area contributed by atoms with E-state index >= 15 is 0 Å². The van der Waals surface area contributed by atoms with E-state index in [1.54, 1.807) is 7.11 Å². The fraction of sp³-hybridized carbons (Fsp3) is 0.154. The highest BCUT2D eigenvalue weighted by Gasteiger charge is 2.28. The minimum Gasteiger partial charge on any atom is -0.495 e. The van der Waals surface area contributed by atoms with E-state index in [-0.39, 0.29) is 5.92 Å². The summed E-state index contributed by atoms with van der Waals surface area (Å²) in [4.78, 5) is 0. The molecule has 5 rings (SSSR count). The Morgan fingerprint density at radius 3 is 1.77 bits per heavy atom. The van der Waals surface area contributed by atoms with Gasteiger partial charge in [-0.15, -0.1) is 0 Å². The average Bonchev–Trinajstić information content (AvgIpc) is 3.26. The molecule has 0 N–H and O–H groups in total. The van der Waals surface area contributed by atoms with Gasteiger partial charge in [0.2, 0.25) is 0 Å². The molecule has 0 spiro atoms. The number of benzene rings is 3. The fourth-order valence-corrected chi connectivity index (χ4v) is 6.14. The Bertz CT molecular complexity index is 1350. The summed E-state index contributed by atoms with van der Waals surface area (Å²) in [6.07, 6.45) is 4.51. The lowest BCUT2D eigenvalue weighted by molar-refractivity contribution is 0.406. The van der Waals surface area contributed by atoms with E-state index < -0.39 is 0 Å². The second kappa shape index (κ2) is 7.88. The third-order valence-corrected chi connectivity index (χ3v) is 7.08. The van der Waals surface area contributed by atoms with Gasteiger partial charge in [-0.1, -0.05) is 52.3 Å². The zero-order chi connectivity index (χ0) is 21.7. The van der Waals surface area contributed by atoms with Crippen molar-refractivity contribution in [3.63, 3.8) is 0 Å². The van der Waals surface area contributed by atoms with Gasteiger partial charge in [-0.2, -0.15) is 0 Å². The van der Waals surface area contributed by atoms with Gasteiger partial charge >= 0.3 is 0 Å². The Morgan fingerprint density at radius 1 is 0.742 bits per heavy atom. The van der Waals surface area contributed by atoms with Gasteiger partial charge in [0.05, 0.1) is 11.6 Å². The lowest BCUT2D eigenvalue weighted by Crippen LogP contribution is -2.06. The van der Waals surface area contributed by atoms with Gasteiger partial charge < -0.3 is 13.9 Å². The molecule has 0 saturated carbocycles. The van der Waals surface area contributed by atoms with Crippen molar-refractivity contribution in [2.75, 3.05) is 7.11 Å². The summed E-state index contributed by atoms with van der Waals surface area (Å²) in [7, 11) is 5.96. The Balaban J connectivity index is 1.91. The number of hydrogen-bond acceptors (Lipinski definition) is 1. The number of aryl methyl sites for hydroxylation is 2. The monoisotopic (exact) mass is 536 g/mol. The number of ether oxygens (including phenoxy) is 1. The van der Waals surface area contributed by atoms with E-state index in [2.05, 4.69) is 122 Å². The number of halogens is 2. The van der Waals surface area contributed by atoms with Crippen LogP contribution in [0.5, 0.6) is 5.75 Å². The number of hydrogen-bond donors (Lipinski definition) is 0. The number of aromatic nitrogens is 2. The van der Waals surface area contributed by atoms with Crippen molar-refractivity contribution in [1.82, 2.24) is 9.13 Å². The largest absolute Gasteiger partial charge is 0.495 e. The Morgan fingerprint density at radius 2 is 1.26 bits per heavy atom. The molecular formula is C26H22Br2N2O. The first-order valence-corrected chi connectivity index (χ1v) is 11.7. The molecule has 0 bridgehead atoms. The summed E-state index contributed by atoms with van der Waals surface area (Å²) in [5.41, 5.74) is 6.08. The molecule has 3 nitrogen and oxygen atoms in total. The highest BCUT2D eigenvalue weighted by atomic mass is 79.9. The minimum atomic E-state index is 0.000880. The zero-order valence-electron chi connectivity index (χ0n) is 17.6. The number of nitrogens with zero attached hydrogens (tertiary/aromatic N) is 2. The lowest BCUT2D eigenvalue weighted by Gasteiger charge is -2.21. The van der Waals surface area contributed by atoms with Gasteiger partial charge in [-0.3, -0.25) is 0 Å². The summed E-state index contributed by atoms with van der Waals surface area (Å²) in [5.74, 6) is 0.856.